The Morgan fingerprint density at radius 2 is 2.11 bits per heavy atom. The smallest absolute Gasteiger partial charge is 0.0499 e. The molecular weight excluding hydrogens is 236 g/mol. The number of benzene rings is 1. The van der Waals surface area contributed by atoms with Gasteiger partial charge in [-0.05, 0) is 37.4 Å². The average Bonchev–Trinajstić information content (AvgIpc) is 3.16. The molecule has 2 aromatic rings. The number of aliphatic hydroxyl groups excluding tert-OH is 1. The molecule has 1 aromatic carbocycles. The molecule has 0 radical (unpaired) electrons. The van der Waals surface area contributed by atoms with Crippen molar-refractivity contribution in [3.05, 3.63) is 36.0 Å². The molecule has 3 rings (SSSR count). The lowest BCUT2D eigenvalue weighted by atomic mass is 10.1. The van der Waals surface area contributed by atoms with Crippen molar-refractivity contribution >= 4 is 10.9 Å². The summed E-state index contributed by atoms with van der Waals surface area (Å²) in [6.45, 7) is 2.26. The third-order valence-corrected chi connectivity index (χ3v) is 4.34. The van der Waals surface area contributed by atoms with Crippen LogP contribution >= 0.6 is 0 Å². The van der Waals surface area contributed by atoms with Gasteiger partial charge in [-0.2, -0.15) is 0 Å². The maximum absolute atomic E-state index is 9.27. The predicted molar refractivity (Wildman–Crippen MR) is 78.2 cm³/mol. The van der Waals surface area contributed by atoms with Crippen LogP contribution in [0.25, 0.3) is 10.9 Å². The Labute approximate surface area is 114 Å². The molecule has 3 heteroatoms. The van der Waals surface area contributed by atoms with Crippen LogP contribution in [0.1, 0.15) is 18.4 Å². The Morgan fingerprint density at radius 1 is 1.32 bits per heavy atom. The summed E-state index contributed by atoms with van der Waals surface area (Å²) in [5.41, 5.74) is 2.91. The van der Waals surface area contributed by atoms with Crippen molar-refractivity contribution in [2.75, 3.05) is 19.7 Å². The lowest BCUT2D eigenvalue weighted by Crippen LogP contribution is -2.28. The van der Waals surface area contributed by atoms with Crippen molar-refractivity contribution < 1.29 is 5.11 Å². The van der Waals surface area contributed by atoms with E-state index in [0.29, 0.717) is 6.61 Å². The summed E-state index contributed by atoms with van der Waals surface area (Å²) in [4.78, 5) is 0. The molecule has 1 heterocycles. The van der Waals surface area contributed by atoms with Crippen molar-refractivity contribution in [2.45, 2.75) is 19.3 Å². The van der Waals surface area contributed by atoms with E-state index in [1.807, 2.05) is 0 Å². The molecule has 1 fully saturated rings. The Kier molecular flexibility index (Phi) is 3.33. The zero-order valence-electron chi connectivity index (χ0n) is 11.5. The Hall–Kier alpha value is -1.32. The van der Waals surface area contributed by atoms with Crippen molar-refractivity contribution in [3.63, 3.8) is 0 Å². The van der Waals surface area contributed by atoms with E-state index < -0.39 is 0 Å². The second-order valence-electron chi connectivity index (χ2n) is 5.87. The highest BCUT2D eigenvalue weighted by Gasteiger charge is 2.41. The highest BCUT2D eigenvalue weighted by molar-refractivity contribution is 5.83. The van der Waals surface area contributed by atoms with Gasteiger partial charge in [0, 0.05) is 42.7 Å². The number of nitrogens with one attached hydrogen (secondary N) is 1. The molecule has 2 N–H and O–H groups in total. The Morgan fingerprint density at radius 3 is 2.84 bits per heavy atom. The Balaban J connectivity index is 1.59. The second-order valence-corrected chi connectivity index (χ2v) is 5.87. The van der Waals surface area contributed by atoms with Gasteiger partial charge in [-0.3, -0.25) is 0 Å². The summed E-state index contributed by atoms with van der Waals surface area (Å²) in [5.74, 6) is 0. The summed E-state index contributed by atoms with van der Waals surface area (Å²) in [6, 6.07) is 8.55. The van der Waals surface area contributed by atoms with Crippen LogP contribution in [0.3, 0.4) is 0 Å². The number of fused-ring (bicyclic) bond motifs is 1. The minimum Gasteiger partial charge on any atom is -0.396 e. The summed E-state index contributed by atoms with van der Waals surface area (Å²) < 4.78 is 2.20. The molecule has 0 amide bonds. The van der Waals surface area contributed by atoms with Crippen molar-refractivity contribution in [3.8, 4) is 0 Å². The van der Waals surface area contributed by atoms with E-state index in [2.05, 4.69) is 47.4 Å². The van der Waals surface area contributed by atoms with Gasteiger partial charge in [0.2, 0.25) is 0 Å². The second kappa shape index (κ2) is 4.99. The van der Waals surface area contributed by atoms with Crippen LogP contribution in [-0.4, -0.2) is 29.4 Å². The maximum Gasteiger partial charge on any atom is 0.0499 e. The maximum atomic E-state index is 9.27. The average molecular weight is 258 g/mol. The minimum atomic E-state index is 0.207. The normalized spacial score (nSPS) is 16.9. The fraction of sp³-hybridized carbons (Fsp3) is 0.500. The van der Waals surface area contributed by atoms with Crippen LogP contribution < -0.4 is 5.32 Å². The van der Waals surface area contributed by atoms with Gasteiger partial charge < -0.3 is 15.0 Å². The van der Waals surface area contributed by atoms with Crippen molar-refractivity contribution in [2.24, 2.45) is 12.5 Å². The zero-order chi connectivity index (χ0) is 13.3. The minimum absolute atomic E-state index is 0.207. The van der Waals surface area contributed by atoms with Crippen LogP contribution in [0, 0.1) is 5.41 Å². The van der Waals surface area contributed by atoms with Crippen LogP contribution in [0.15, 0.2) is 30.5 Å². The molecule has 0 atom stereocenters. The molecule has 19 heavy (non-hydrogen) atoms. The third kappa shape index (κ3) is 2.53. The molecule has 1 saturated carbocycles. The van der Waals surface area contributed by atoms with Crippen molar-refractivity contribution in [1.82, 2.24) is 9.88 Å². The third-order valence-electron chi connectivity index (χ3n) is 4.34. The number of rotatable bonds is 6. The quantitative estimate of drug-likeness (QED) is 0.778. The lowest BCUT2D eigenvalue weighted by Gasteiger charge is -2.12. The molecule has 102 valence electrons. The molecular formula is C16H22N2O. The van der Waals surface area contributed by atoms with Gasteiger partial charge >= 0.3 is 0 Å². The molecule has 0 aliphatic heterocycles. The molecule has 1 aliphatic carbocycles. The first kappa shape index (κ1) is 12.7. The van der Waals surface area contributed by atoms with E-state index in [9.17, 15) is 5.11 Å². The van der Waals surface area contributed by atoms with Gasteiger partial charge in [-0.1, -0.05) is 18.2 Å². The van der Waals surface area contributed by atoms with Gasteiger partial charge in [0.25, 0.3) is 0 Å². The number of hydrogen-bond acceptors (Lipinski definition) is 2. The number of aromatic nitrogens is 1. The van der Waals surface area contributed by atoms with Gasteiger partial charge in [-0.15, -0.1) is 0 Å². The first-order valence-electron chi connectivity index (χ1n) is 7.09. The number of aryl methyl sites for hydroxylation is 1. The standard InChI is InChI=1S/C16H22N2O/c1-18-10-13(14-4-2-3-5-15(14)18)6-9-17-11-16(12-19)7-8-16/h2-5,10,17,19H,6-9,11-12H2,1H3. The SMILES string of the molecule is Cn1cc(CCNCC2(CO)CC2)c2ccccc21. The highest BCUT2D eigenvalue weighted by Crippen LogP contribution is 2.44. The van der Waals surface area contributed by atoms with Gasteiger partial charge in [0.15, 0.2) is 0 Å². The van der Waals surface area contributed by atoms with Crippen molar-refractivity contribution in [1.29, 1.82) is 0 Å². The topological polar surface area (TPSA) is 37.2 Å². The monoisotopic (exact) mass is 258 g/mol. The van der Waals surface area contributed by atoms with Crippen LogP contribution in [0.5, 0.6) is 0 Å². The van der Waals surface area contributed by atoms with Gasteiger partial charge in [-0.25, -0.2) is 0 Å². The van der Waals surface area contributed by atoms with E-state index in [1.54, 1.807) is 0 Å². The van der Waals surface area contributed by atoms with Gasteiger partial charge in [0.05, 0.1) is 0 Å². The molecule has 0 bridgehead atoms. The first-order chi connectivity index (χ1) is 9.24. The number of para-hydroxylation sites is 1. The highest BCUT2D eigenvalue weighted by atomic mass is 16.3. The van der Waals surface area contributed by atoms with E-state index >= 15 is 0 Å². The fourth-order valence-corrected chi connectivity index (χ4v) is 2.77. The Bertz CT molecular complexity index is 569. The number of aliphatic hydroxyl groups is 1. The summed E-state index contributed by atoms with van der Waals surface area (Å²) in [6.07, 6.45) is 5.61. The summed E-state index contributed by atoms with van der Waals surface area (Å²) in [7, 11) is 2.10. The predicted octanol–water partition coefficient (Wildman–Crippen LogP) is 2.08. The van der Waals surface area contributed by atoms with E-state index in [-0.39, 0.29) is 5.41 Å². The molecule has 3 nitrogen and oxygen atoms in total. The van der Waals surface area contributed by atoms with E-state index in [4.69, 9.17) is 0 Å². The molecule has 1 aromatic heterocycles. The molecule has 0 spiro atoms. The van der Waals surface area contributed by atoms with Gasteiger partial charge in [0.1, 0.15) is 0 Å². The zero-order valence-corrected chi connectivity index (χ0v) is 11.5. The van der Waals surface area contributed by atoms with Crippen LogP contribution in [0.2, 0.25) is 0 Å². The number of nitrogens with zero attached hydrogens (tertiary/aromatic N) is 1. The lowest BCUT2D eigenvalue weighted by molar-refractivity contribution is 0.208. The molecule has 0 unspecified atom stereocenters. The number of hydrogen-bond donors (Lipinski definition) is 2. The largest absolute Gasteiger partial charge is 0.396 e. The summed E-state index contributed by atoms with van der Waals surface area (Å²) in [5, 5.41) is 14.1. The summed E-state index contributed by atoms with van der Waals surface area (Å²) >= 11 is 0. The van der Waals surface area contributed by atoms with Crippen LogP contribution in [-0.2, 0) is 13.5 Å². The van der Waals surface area contributed by atoms with E-state index in [0.717, 1.165) is 19.5 Å². The van der Waals surface area contributed by atoms with Crippen LogP contribution in [0.4, 0.5) is 0 Å². The van der Waals surface area contributed by atoms with E-state index in [1.165, 1.54) is 29.3 Å². The first-order valence-corrected chi connectivity index (χ1v) is 7.09. The fourth-order valence-electron chi connectivity index (χ4n) is 2.77. The molecule has 1 aliphatic rings. The molecule has 0 saturated heterocycles.